The van der Waals surface area contributed by atoms with Crippen LogP contribution in [-0.4, -0.2) is 19.7 Å². The van der Waals surface area contributed by atoms with E-state index in [1.165, 1.54) is 0 Å². The van der Waals surface area contributed by atoms with Crippen molar-refractivity contribution in [2.75, 3.05) is 13.7 Å². The second-order valence-electron chi connectivity index (χ2n) is 5.33. The van der Waals surface area contributed by atoms with Crippen LogP contribution in [0, 0.1) is 0 Å². The summed E-state index contributed by atoms with van der Waals surface area (Å²) in [5.41, 5.74) is 1.99. The van der Waals surface area contributed by atoms with Gasteiger partial charge in [-0.15, -0.1) is 0 Å². The highest BCUT2D eigenvalue weighted by atomic mass is 16.5. The molecule has 0 atom stereocenters. The van der Waals surface area contributed by atoms with Crippen LogP contribution < -0.4 is 9.47 Å². The molecule has 2 aromatic rings. The summed E-state index contributed by atoms with van der Waals surface area (Å²) in [5, 5.41) is 0. The van der Waals surface area contributed by atoms with Crippen LogP contribution in [0.5, 0.6) is 17.2 Å². The summed E-state index contributed by atoms with van der Waals surface area (Å²) in [7, 11) is 1.59. The zero-order chi connectivity index (χ0) is 18.1. The molecule has 0 radical (unpaired) electrons. The predicted molar refractivity (Wildman–Crippen MR) is 99.1 cm³/mol. The zero-order valence-corrected chi connectivity index (χ0v) is 14.4. The van der Waals surface area contributed by atoms with Crippen LogP contribution in [0.25, 0.3) is 6.08 Å². The molecule has 0 N–H and O–H groups in total. The Morgan fingerprint density at radius 1 is 1.08 bits per heavy atom. The molecule has 0 aromatic heterocycles. The first kappa shape index (κ1) is 18.3. The lowest BCUT2D eigenvalue weighted by atomic mass is 10.1. The SMILES string of the molecule is C=CCOC(=O)CCc1ccc(OC)c(Oc2ccc(C=C)cc2)c1. The Bertz CT molecular complexity index is 732. The van der Waals surface area contributed by atoms with Crippen LogP contribution in [0.4, 0.5) is 0 Å². The summed E-state index contributed by atoms with van der Waals surface area (Å²) in [6, 6.07) is 13.2. The van der Waals surface area contributed by atoms with Gasteiger partial charge < -0.3 is 14.2 Å². The van der Waals surface area contributed by atoms with Crippen molar-refractivity contribution in [3.8, 4) is 17.2 Å². The molecule has 0 fully saturated rings. The number of carbonyl (C=O) groups excluding carboxylic acids is 1. The lowest BCUT2D eigenvalue weighted by Gasteiger charge is -2.12. The van der Waals surface area contributed by atoms with Gasteiger partial charge in [-0.05, 0) is 41.8 Å². The highest BCUT2D eigenvalue weighted by Gasteiger charge is 2.09. The number of hydrogen-bond donors (Lipinski definition) is 0. The van der Waals surface area contributed by atoms with E-state index in [0.29, 0.717) is 30.1 Å². The topological polar surface area (TPSA) is 44.8 Å². The average Bonchev–Trinajstić information content (AvgIpc) is 2.65. The normalized spacial score (nSPS) is 9.96. The molecule has 0 aliphatic rings. The third-order valence-electron chi connectivity index (χ3n) is 3.55. The Kier molecular flexibility index (Phi) is 6.84. The number of hydrogen-bond acceptors (Lipinski definition) is 4. The smallest absolute Gasteiger partial charge is 0.306 e. The van der Waals surface area contributed by atoms with Gasteiger partial charge in [0.2, 0.25) is 0 Å². The third-order valence-corrected chi connectivity index (χ3v) is 3.55. The maximum absolute atomic E-state index is 11.6. The predicted octanol–water partition coefficient (Wildman–Crippen LogP) is 4.79. The second kappa shape index (κ2) is 9.33. The first-order chi connectivity index (χ1) is 12.2. The third kappa shape index (κ3) is 5.53. The van der Waals surface area contributed by atoms with Crippen LogP contribution in [0.2, 0.25) is 0 Å². The van der Waals surface area contributed by atoms with Crippen molar-refractivity contribution >= 4 is 12.0 Å². The van der Waals surface area contributed by atoms with Gasteiger partial charge in [0, 0.05) is 6.42 Å². The van der Waals surface area contributed by atoms with Crippen molar-refractivity contribution in [1.82, 2.24) is 0 Å². The minimum atomic E-state index is -0.252. The van der Waals surface area contributed by atoms with Crippen LogP contribution in [0.3, 0.4) is 0 Å². The molecule has 0 saturated heterocycles. The highest BCUT2D eigenvalue weighted by Crippen LogP contribution is 2.33. The Morgan fingerprint density at radius 3 is 2.48 bits per heavy atom. The van der Waals surface area contributed by atoms with Crippen molar-refractivity contribution in [2.24, 2.45) is 0 Å². The molecule has 0 aliphatic heterocycles. The molecule has 0 spiro atoms. The maximum Gasteiger partial charge on any atom is 0.306 e. The van der Waals surface area contributed by atoms with Gasteiger partial charge in [-0.2, -0.15) is 0 Å². The van der Waals surface area contributed by atoms with E-state index in [9.17, 15) is 4.79 Å². The van der Waals surface area contributed by atoms with Crippen molar-refractivity contribution in [3.05, 3.63) is 72.8 Å². The van der Waals surface area contributed by atoms with Crippen molar-refractivity contribution in [3.63, 3.8) is 0 Å². The van der Waals surface area contributed by atoms with Gasteiger partial charge in [-0.25, -0.2) is 0 Å². The van der Waals surface area contributed by atoms with Gasteiger partial charge in [0.25, 0.3) is 0 Å². The second-order valence-corrected chi connectivity index (χ2v) is 5.33. The number of aryl methyl sites for hydroxylation is 1. The number of methoxy groups -OCH3 is 1. The molecular weight excluding hydrogens is 316 g/mol. The van der Waals surface area contributed by atoms with Gasteiger partial charge in [-0.3, -0.25) is 4.79 Å². The minimum Gasteiger partial charge on any atom is -0.493 e. The summed E-state index contributed by atoms with van der Waals surface area (Å²) in [6.45, 7) is 7.48. The van der Waals surface area contributed by atoms with E-state index in [0.717, 1.165) is 11.1 Å². The molecule has 0 unspecified atom stereocenters. The maximum atomic E-state index is 11.6. The van der Waals surface area contributed by atoms with Gasteiger partial charge in [-0.1, -0.05) is 43.5 Å². The summed E-state index contributed by atoms with van der Waals surface area (Å²) in [5.74, 6) is 1.68. The molecule has 0 heterocycles. The van der Waals surface area contributed by atoms with Gasteiger partial charge in [0.15, 0.2) is 11.5 Å². The van der Waals surface area contributed by atoms with E-state index in [-0.39, 0.29) is 12.6 Å². The number of rotatable bonds is 9. The summed E-state index contributed by atoms with van der Waals surface area (Å²) < 4.78 is 16.3. The number of carbonyl (C=O) groups is 1. The summed E-state index contributed by atoms with van der Waals surface area (Å²) in [4.78, 5) is 11.6. The fraction of sp³-hybridized carbons (Fsp3) is 0.190. The quantitative estimate of drug-likeness (QED) is 0.487. The van der Waals surface area contributed by atoms with Crippen molar-refractivity contribution in [2.45, 2.75) is 12.8 Å². The fourth-order valence-corrected chi connectivity index (χ4v) is 2.23. The molecule has 2 rings (SSSR count). The molecular formula is C21H22O4. The van der Waals surface area contributed by atoms with Gasteiger partial charge in [0.1, 0.15) is 12.4 Å². The van der Waals surface area contributed by atoms with E-state index in [1.807, 2.05) is 42.5 Å². The zero-order valence-electron chi connectivity index (χ0n) is 14.4. The molecule has 0 bridgehead atoms. The molecule has 4 heteroatoms. The number of ether oxygens (including phenoxy) is 3. The Labute approximate surface area is 148 Å². The first-order valence-corrected chi connectivity index (χ1v) is 8.00. The molecule has 0 amide bonds. The van der Waals surface area contributed by atoms with E-state index in [1.54, 1.807) is 19.3 Å². The van der Waals surface area contributed by atoms with E-state index in [4.69, 9.17) is 14.2 Å². The highest BCUT2D eigenvalue weighted by molar-refractivity contribution is 5.69. The lowest BCUT2D eigenvalue weighted by Crippen LogP contribution is -2.05. The fourth-order valence-electron chi connectivity index (χ4n) is 2.23. The monoisotopic (exact) mass is 338 g/mol. The summed E-state index contributed by atoms with van der Waals surface area (Å²) >= 11 is 0. The van der Waals surface area contributed by atoms with Gasteiger partial charge >= 0.3 is 5.97 Å². The Balaban J connectivity index is 2.08. The standard InChI is InChI=1S/C21H22O4/c1-4-14-24-21(22)13-9-17-8-12-19(23-3)20(15-17)25-18-10-6-16(5-2)7-11-18/h4-8,10-12,15H,1-2,9,13-14H2,3H3. The van der Waals surface area contributed by atoms with Crippen molar-refractivity contribution in [1.29, 1.82) is 0 Å². The van der Waals surface area contributed by atoms with E-state index in [2.05, 4.69) is 13.2 Å². The van der Waals surface area contributed by atoms with Crippen molar-refractivity contribution < 1.29 is 19.0 Å². The lowest BCUT2D eigenvalue weighted by molar-refractivity contribution is -0.142. The molecule has 25 heavy (non-hydrogen) atoms. The Morgan fingerprint density at radius 2 is 1.84 bits per heavy atom. The van der Waals surface area contributed by atoms with E-state index >= 15 is 0 Å². The number of esters is 1. The number of benzene rings is 2. The average molecular weight is 338 g/mol. The van der Waals surface area contributed by atoms with Crippen LogP contribution in [0.15, 0.2) is 61.7 Å². The largest absolute Gasteiger partial charge is 0.493 e. The molecule has 0 aliphatic carbocycles. The molecule has 4 nitrogen and oxygen atoms in total. The van der Waals surface area contributed by atoms with Crippen LogP contribution in [-0.2, 0) is 16.0 Å². The Hall–Kier alpha value is -3.01. The first-order valence-electron chi connectivity index (χ1n) is 8.00. The molecule has 0 saturated carbocycles. The summed E-state index contributed by atoms with van der Waals surface area (Å²) in [6.07, 6.45) is 4.19. The molecule has 2 aromatic carbocycles. The van der Waals surface area contributed by atoms with E-state index < -0.39 is 0 Å². The van der Waals surface area contributed by atoms with Gasteiger partial charge in [0.05, 0.1) is 7.11 Å². The molecule has 130 valence electrons. The van der Waals surface area contributed by atoms with Crippen LogP contribution in [0.1, 0.15) is 17.5 Å². The minimum absolute atomic E-state index is 0.233. The van der Waals surface area contributed by atoms with Crippen LogP contribution >= 0.6 is 0 Å².